The normalized spacial score (nSPS) is 13.8. The summed E-state index contributed by atoms with van der Waals surface area (Å²) < 4.78 is 6.81. The van der Waals surface area contributed by atoms with Crippen molar-refractivity contribution in [2.45, 2.75) is 26.8 Å². The van der Waals surface area contributed by atoms with E-state index in [2.05, 4.69) is 10.4 Å². The quantitative estimate of drug-likeness (QED) is 0.771. The molecule has 2 amide bonds. The van der Waals surface area contributed by atoms with Gasteiger partial charge in [0, 0.05) is 24.3 Å². The lowest BCUT2D eigenvalue weighted by molar-refractivity contribution is 0.0952. The number of rotatable bonds is 7. The number of amides is 2. The summed E-state index contributed by atoms with van der Waals surface area (Å²) in [5.74, 6) is -0.107. The van der Waals surface area contributed by atoms with E-state index in [0.29, 0.717) is 44.8 Å². The highest BCUT2D eigenvalue weighted by molar-refractivity contribution is 5.94. The molecule has 0 saturated carbocycles. The van der Waals surface area contributed by atoms with Crippen LogP contribution < -0.4 is 5.32 Å². The van der Waals surface area contributed by atoms with Crippen LogP contribution in [0, 0.1) is 13.8 Å². The Labute approximate surface area is 152 Å². The Morgan fingerprint density at radius 2 is 2.15 bits per heavy atom. The van der Waals surface area contributed by atoms with Gasteiger partial charge in [0.15, 0.2) is 0 Å². The maximum atomic E-state index is 12.3. The van der Waals surface area contributed by atoms with Crippen molar-refractivity contribution < 1.29 is 14.3 Å². The Morgan fingerprint density at radius 3 is 2.85 bits per heavy atom. The lowest BCUT2D eigenvalue weighted by atomic mass is 10.1. The lowest BCUT2D eigenvalue weighted by Crippen LogP contribution is -2.30. The predicted octanol–water partition coefficient (Wildman–Crippen LogP) is 2.12. The van der Waals surface area contributed by atoms with E-state index in [-0.39, 0.29) is 12.0 Å². The van der Waals surface area contributed by atoms with Crippen LogP contribution in [0.15, 0.2) is 30.3 Å². The standard InChI is InChI=1S/C19H24N4O3/c1-14-11-15(2)23(21-14)13-16-5-3-6-17(12-16)18(24)20-7-4-8-22-9-10-26-19(22)25/h3,5-6,11-12H,4,7-10,13H2,1-2H3,(H,20,24). The van der Waals surface area contributed by atoms with Gasteiger partial charge in [-0.15, -0.1) is 0 Å². The predicted molar refractivity (Wildman–Crippen MR) is 97.1 cm³/mol. The van der Waals surface area contributed by atoms with E-state index in [0.717, 1.165) is 17.0 Å². The number of benzene rings is 1. The molecule has 1 fully saturated rings. The zero-order valence-corrected chi connectivity index (χ0v) is 15.2. The van der Waals surface area contributed by atoms with Crippen molar-refractivity contribution in [3.63, 3.8) is 0 Å². The number of aryl methyl sites for hydroxylation is 2. The summed E-state index contributed by atoms with van der Waals surface area (Å²) in [6.07, 6.45) is 0.430. The van der Waals surface area contributed by atoms with E-state index in [1.165, 1.54) is 0 Å². The molecule has 0 radical (unpaired) electrons. The number of aromatic nitrogens is 2. The topological polar surface area (TPSA) is 76.5 Å². The van der Waals surface area contributed by atoms with Crippen molar-refractivity contribution in [1.29, 1.82) is 0 Å². The second-order valence-electron chi connectivity index (χ2n) is 6.50. The molecule has 7 nitrogen and oxygen atoms in total. The summed E-state index contributed by atoms with van der Waals surface area (Å²) in [7, 11) is 0. The van der Waals surface area contributed by atoms with Crippen molar-refractivity contribution in [2.24, 2.45) is 0 Å². The van der Waals surface area contributed by atoms with Crippen molar-refractivity contribution in [2.75, 3.05) is 26.2 Å². The van der Waals surface area contributed by atoms with E-state index in [1.54, 1.807) is 11.0 Å². The fourth-order valence-electron chi connectivity index (χ4n) is 3.02. The number of nitrogens with zero attached hydrogens (tertiary/aromatic N) is 3. The number of ether oxygens (including phenoxy) is 1. The van der Waals surface area contributed by atoms with Crippen molar-refractivity contribution in [3.8, 4) is 0 Å². The van der Waals surface area contributed by atoms with E-state index >= 15 is 0 Å². The van der Waals surface area contributed by atoms with Gasteiger partial charge in [-0.25, -0.2) is 4.79 Å². The van der Waals surface area contributed by atoms with Crippen LogP contribution in [-0.4, -0.2) is 52.9 Å². The Kier molecular flexibility index (Phi) is 5.55. The number of nitrogens with one attached hydrogen (secondary N) is 1. The first-order valence-electron chi connectivity index (χ1n) is 8.83. The van der Waals surface area contributed by atoms with E-state index < -0.39 is 0 Å². The minimum atomic E-state index is -0.270. The van der Waals surface area contributed by atoms with Gasteiger partial charge in [-0.05, 0) is 44.0 Å². The van der Waals surface area contributed by atoms with Gasteiger partial charge in [-0.2, -0.15) is 5.10 Å². The van der Waals surface area contributed by atoms with Gasteiger partial charge >= 0.3 is 6.09 Å². The van der Waals surface area contributed by atoms with Crippen LogP contribution in [0.25, 0.3) is 0 Å². The molecule has 0 bridgehead atoms. The first kappa shape index (κ1) is 18.0. The molecule has 1 aliphatic rings. The highest BCUT2D eigenvalue weighted by Gasteiger charge is 2.20. The number of hydrogen-bond acceptors (Lipinski definition) is 4. The average molecular weight is 356 g/mol. The molecule has 0 aliphatic carbocycles. The van der Waals surface area contributed by atoms with Gasteiger partial charge < -0.3 is 15.0 Å². The molecule has 1 aromatic carbocycles. The van der Waals surface area contributed by atoms with Crippen LogP contribution >= 0.6 is 0 Å². The molecule has 26 heavy (non-hydrogen) atoms. The van der Waals surface area contributed by atoms with Gasteiger partial charge in [-0.1, -0.05) is 12.1 Å². The fourth-order valence-corrected chi connectivity index (χ4v) is 3.02. The Hall–Kier alpha value is -2.83. The van der Waals surface area contributed by atoms with Gasteiger partial charge in [0.2, 0.25) is 0 Å². The Bertz CT molecular complexity index is 800. The SMILES string of the molecule is Cc1cc(C)n(Cc2cccc(C(=O)NCCCN3CCOC3=O)c2)n1. The van der Waals surface area contributed by atoms with Crippen molar-refractivity contribution in [3.05, 3.63) is 52.8 Å². The van der Waals surface area contributed by atoms with Crippen LogP contribution in [-0.2, 0) is 11.3 Å². The molecule has 1 saturated heterocycles. The molecule has 138 valence electrons. The molecule has 3 rings (SSSR count). The summed E-state index contributed by atoms with van der Waals surface area (Å²) in [6.45, 7) is 6.82. The molecule has 2 aromatic rings. The van der Waals surface area contributed by atoms with E-state index in [1.807, 2.05) is 42.8 Å². The van der Waals surface area contributed by atoms with Crippen LogP contribution in [0.4, 0.5) is 4.79 Å². The van der Waals surface area contributed by atoms with E-state index in [4.69, 9.17) is 4.74 Å². The fraction of sp³-hybridized carbons (Fsp3) is 0.421. The highest BCUT2D eigenvalue weighted by atomic mass is 16.6. The third-order valence-corrected chi connectivity index (χ3v) is 4.36. The van der Waals surface area contributed by atoms with Gasteiger partial charge in [0.25, 0.3) is 5.91 Å². The van der Waals surface area contributed by atoms with E-state index in [9.17, 15) is 9.59 Å². The third kappa shape index (κ3) is 4.41. The summed E-state index contributed by atoms with van der Waals surface area (Å²) >= 11 is 0. The van der Waals surface area contributed by atoms with Crippen LogP contribution in [0.1, 0.15) is 33.7 Å². The smallest absolute Gasteiger partial charge is 0.409 e. The van der Waals surface area contributed by atoms with Crippen molar-refractivity contribution in [1.82, 2.24) is 20.0 Å². The van der Waals surface area contributed by atoms with Gasteiger partial charge in [-0.3, -0.25) is 9.48 Å². The average Bonchev–Trinajstić information content (AvgIpc) is 3.16. The summed E-state index contributed by atoms with van der Waals surface area (Å²) in [6, 6.07) is 9.61. The zero-order chi connectivity index (χ0) is 18.5. The summed E-state index contributed by atoms with van der Waals surface area (Å²) in [5, 5.41) is 7.36. The second kappa shape index (κ2) is 8.03. The summed E-state index contributed by atoms with van der Waals surface area (Å²) in [5.41, 5.74) is 3.74. The second-order valence-corrected chi connectivity index (χ2v) is 6.50. The Balaban J connectivity index is 1.51. The largest absolute Gasteiger partial charge is 0.448 e. The molecule has 1 N–H and O–H groups in total. The molecular weight excluding hydrogens is 332 g/mol. The molecular formula is C19H24N4O3. The first-order valence-corrected chi connectivity index (χ1v) is 8.83. The monoisotopic (exact) mass is 356 g/mol. The minimum absolute atomic E-state index is 0.107. The van der Waals surface area contributed by atoms with Gasteiger partial charge in [0.1, 0.15) is 6.61 Å². The molecule has 0 atom stereocenters. The molecule has 1 aliphatic heterocycles. The molecule has 7 heteroatoms. The summed E-state index contributed by atoms with van der Waals surface area (Å²) in [4.78, 5) is 25.3. The zero-order valence-electron chi connectivity index (χ0n) is 15.2. The number of carbonyl (C=O) groups excluding carboxylic acids is 2. The third-order valence-electron chi connectivity index (χ3n) is 4.36. The van der Waals surface area contributed by atoms with Gasteiger partial charge in [0.05, 0.1) is 18.8 Å². The molecule has 0 spiro atoms. The number of carbonyl (C=O) groups is 2. The molecule has 1 aromatic heterocycles. The van der Waals surface area contributed by atoms with Crippen LogP contribution in [0.5, 0.6) is 0 Å². The number of cyclic esters (lactones) is 1. The van der Waals surface area contributed by atoms with Crippen LogP contribution in [0.3, 0.4) is 0 Å². The Morgan fingerprint density at radius 1 is 1.31 bits per heavy atom. The lowest BCUT2D eigenvalue weighted by Gasteiger charge is -2.12. The maximum Gasteiger partial charge on any atom is 0.409 e. The number of hydrogen-bond donors (Lipinski definition) is 1. The minimum Gasteiger partial charge on any atom is -0.448 e. The highest BCUT2D eigenvalue weighted by Crippen LogP contribution is 2.10. The maximum absolute atomic E-state index is 12.3. The first-order chi connectivity index (χ1) is 12.5. The molecule has 2 heterocycles. The van der Waals surface area contributed by atoms with Crippen LogP contribution in [0.2, 0.25) is 0 Å². The van der Waals surface area contributed by atoms with Crippen molar-refractivity contribution >= 4 is 12.0 Å². The molecule has 0 unspecified atom stereocenters.